The summed E-state index contributed by atoms with van der Waals surface area (Å²) in [4.78, 5) is 36.4. The van der Waals surface area contributed by atoms with Crippen LogP contribution >= 0.6 is 0 Å². The highest BCUT2D eigenvalue weighted by Gasteiger charge is 2.36. The Morgan fingerprint density at radius 2 is 1.86 bits per heavy atom. The van der Waals surface area contributed by atoms with Gasteiger partial charge in [-0.1, -0.05) is 0 Å². The van der Waals surface area contributed by atoms with Crippen LogP contribution in [-0.4, -0.2) is 59.4 Å². The van der Waals surface area contributed by atoms with Gasteiger partial charge in [0.05, 0.1) is 17.0 Å². The fraction of sp³-hybridized carbons (Fsp3) is 0.579. The van der Waals surface area contributed by atoms with Crippen LogP contribution in [0.5, 0.6) is 0 Å². The summed E-state index contributed by atoms with van der Waals surface area (Å²) >= 11 is 0. The fourth-order valence-corrected chi connectivity index (χ4v) is 2.82. The van der Waals surface area contributed by atoms with Crippen molar-refractivity contribution in [3.05, 3.63) is 39.9 Å². The van der Waals surface area contributed by atoms with Crippen LogP contribution in [-0.2, 0) is 14.2 Å². The first-order valence-electron chi connectivity index (χ1n) is 9.15. The van der Waals surface area contributed by atoms with Crippen molar-refractivity contribution in [3.63, 3.8) is 0 Å². The Bertz CT molecular complexity index is 712. The lowest BCUT2D eigenvalue weighted by atomic mass is 10.0. The van der Waals surface area contributed by atoms with Gasteiger partial charge in [0.1, 0.15) is 17.8 Å². The Morgan fingerprint density at radius 3 is 2.39 bits per heavy atom. The van der Waals surface area contributed by atoms with Crippen molar-refractivity contribution >= 4 is 17.7 Å². The van der Waals surface area contributed by atoms with Crippen LogP contribution in [0.3, 0.4) is 0 Å². The van der Waals surface area contributed by atoms with Gasteiger partial charge in [0.15, 0.2) is 0 Å². The van der Waals surface area contributed by atoms with E-state index in [1.165, 1.54) is 24.3 Å². The van der Waals surface area contributed by atoms with Gasteiger partial charge in [-0.2, -0.15) is 0 Å². The van der Waals surface area contributed by atoms with Crippen LogP contribution in [0.25, 0.3) is 0 Å². The zero-order valence-electron chi connectivity index (χ0n) is 16.5. The van der Waals surface area contributed by atoms with Crippen LogP contribution in [0.1, 0.15) is 44.5 Å². The van der Waals surface area contributed by atoms with E-state index in [9.17, 15) is 19.7 Å². The third-order valence-corrected chi connectivity index (χ3v) is 4.10. The normalized spacial score (nSPS) is 19.8. The second-order valence-electron chi connectivity index (χ2n) is 7.46. The van der Waals surface area contributed by atoms with Crippen molar-refractivity contribution in [2.45, 2.75) is 51.9 Å². The van der Waals surface area contributed by atoms with Crippen molar-refractivity contribution in [2.75, 3.05) is 19.7 Å². The molecule has 0 unspecified atom stereocenters. The second kappa shape index (κ2) is 9.01. The number of nitrogens with zero attached hydrogens (tertiary/aromatic N) is 2. The number of piperidine rings is 1. The number of carbonyl (C=O) groups excluding carboxylic acids is 2. The molecule has 2 atom stereocenters. The molecule has 1 aromatic rings. The van der Waals surface area contributed by atoms with Gasteiger partial charge in [0, 0.05) is 31.7 Å². The molecule has 9 nitrogen and oxygen atoms in total. The van der Waals surface area contributed by atoms with Gasteiger partial charge < -0.3 is 19.1 Å². The first-order valence-corrected chi connectivity index (χ1v) is 9.15. The van der Waals surface area contributed by atoms with Crippen LogP contribution in [0.15, 0.2) is 24.3 Å². The van der Waals surface area contributed by atoms with E-state index in [1.807, 2.05) is 6.92 Å². The fourth-order valence-electron chi connectivity index (χ4n) is 2.82. The predicted molar refractivity (Wildman–Crippen MR) is 100 cm³/mol. The minimum absolute atomic E-state index is 0.102. The number of nitro groups is 1. The Hall–Kier alpha value is -2.68. The molecule has 1 aliphatic rings. The summed E-state index contributed by atoms with van der Waals surface area (Å²) in [6, 6.07) is 5.21. The maximum Gasteiger partial charge on any atom is 0.410 e. The first kappa shape index (κ1) is 21.6. The predicted octanol–water partition coefficient (Wildman–Crippen LogP) is 3.17. The average Bonchev–Trinajstić information content (AvgIpc) is 2.62. The van der Waals surface area contributed by atoms with Gasteiger partial charge >= 0.3 is 12.1 Å². The largest absolute Gasteiger partial charge is 0.456 e. The number of hydrogen-bond donors (Lipinski definition) is 0. The average molecular weight is 394 g/mol. The lowest BCUT2D eigenvalue weighted by Crippen LogP contribution is -2.52. The summed E-state index contributed by atoms with van der Waals surface area (Å²) in [5.74, 6) is -0.588. The second-order valence-corrected chi connectivity index (χ2v) is 7.46. The zero-order chi connectivity index (χ0) is 20.9. The van der Waals surface area contributed by atoms with Crippen LogP contribution < -0.4 is 0 Å². The molecule has 0 radical (unpaired) electrons. The van der Waals surface area contributed by atoms with Crippen molar-refractivity contribution in [1.29, 1.82) is 0 Å². The summed E-state index contributed by atoms with van der Waals surface area (Å²) in [5, 5.41) is 10.7. The Balaban J connectivity index is 2.01. The number of esters is 1. The van der Waals surface area contributed by atoms with E-state index in [0.29, 0.717) is 19.6 Å². The molecule has 1 fully saturated rings. The summed E-state index contributed by atoms with van der Waals surface area (Å²) in [5.41, 5.74) is -0.484. The summed E-state index contributed by atoms with van der Waals surface area (Å²) in [7, 11) is 0. The highest BCUT2D eigenvalue weighted by Crippen LogP contribution is 2.22. The maximum absolute atomic E-state index is 12.4. The number of carbonyl (C=O) groups is 2. The molecule has 0 bridgehead atoms. The van der Waals surface area contributed by atoms with Gasteiger partial charge in [-0.05, 0) is 39.8 Å². The number of nitro benzene ring substituents is 1. The molecular weight excluding hydrogens is 368 g/mol. The Morgan fingerprint density at radius 1 is 1.21 bits per heavy atom. The molecule has 1 amide bonds. The van der Waals surface area contributed by atoms with E-state index in [0.717, 1.165) is 0 Å². The summed E-state index contributed by atoms with van der Waals surface area (Å²) in [6.45, 7) is 8.23. The molecule has 0 spiro atoms. The lowest BCUT2D eigenvalue weighted by Gasteiger charge is -2.38. The van der Waals surface area contributed by atoms with Gasteiger partial charge in [0.25, 0.3) is 5.69 Å². The van der Waals surface area contributed by atoms with E-state index in [1.54, 1.807) is 25.7 Å². The standard InChI is InChI=1S/C19H26N2O7/c1-5-26-16-12-20(18(23)28-19(2,3)4)11-10-15(16)27-17(22)13-6-8-14(9-7-13)21(24)25/h6-9,15-16H,5,10-12H2,1-4H3/t15-,16-/m1/s1. The Labute approximate surface area is 163 Å². The molecule has 0 aromatic heterocycles. The molecule has 0 N–H and O–H groups in total. The quantitative estimate of drug-likeness (QED) is 0.429. The number of rotatable bonds is 5. The van der Waals surface area contributed by atoms with Crippen molar-refractivity contribution in [2.24, 2.45) is 0 Å². The topological polar surface area (TPSA) is 108 Å². The number of benzene rings is 1. The highest BCUT2D eigenvalue weighted by atomic mass is 16.6. The van der Waals surface area contributed by atoms with Crippen molar-refractivity contribution in [3.8, 4) is 0 Å². The van der Waals surface area contributed by atoms with Crippen LogP contribution in [0.4, 0.5) is 10.5 Å². The minimum atomic E-state index is -0.600. The molecule has 1 heterocycles. The molecule has 1 saturated heterocycles. The summed E-state index contributed by atoms with van der Waals surface area (Å²) in [6.07, 6.45) is -1.03. The highest BCUT2D eigenvalue weighted by molar-refractivity contribution is 5.89. The SMILES string of the molecule is CCO[C@@H]1CN(C(=O)OC(C)(C)C)CC[C@H]1OC(=O)c1ccc([N+](=O)[O-])cc1. The van der Waals surface area contributed by atoms with E-state index in [4.69, 9.17) is 14.2 Å². The third kappa shape index (κ3) is 5.91. The third-order valence-electron chi connectivity index (χ3n) is 4.10. The van der Waals surface area contributed by atoms with Crippen LogP contribution in [0, 0.1) is 10.1 Å². The lowest BCUT2D eigenvalue weighted by molar-refractivity contribution is -0.384. The molecule has 0 saturated carbocycles. The monoisotopic (exact) mass is 394 g/mol. The molecule has 28 heavy (non-hydrogen) atoms. The number of non-ortho nitro benzene ring substituents is 1. The van der Waals surface area contributed by atoms with Crippen LogP contribution in [0.2, 0.25) is 0 Å². The van der Waals surface area contributed by atoms with Gasteiger partial charge in [-0.25, -0.2) is 9.59 Å². The van der Waals surface area contributed by atoms with Gasteiger partial charge in [0.2, 0.25) is 0 Å². The molecule has 154 valence electrons. The molecule has 9 heteroatoms. The Kier molecular flexibility index (Phi) is 6.95. The van der Waals surface area contributed by atoms with Gasteiger partial charge in [-0.15, -0.1) is 0 Å². The van der Waals surface area contributed by atoms with E-state index < -0.39 is 34.8 Å². The number of amides is 1. The minimum Gasteiger partial charge on any atom is -0.456 e. The smallest absolute Gasteiger partial charge is 0.410 e. The van der Waals surface area contributed by atoms with Crippen molar-refractivity contribution < 1.29 is 28.7 Å². The number of likely N-dealkylation sites (tertiary alicyclic amines) is 1. The number of hydrogen-bond acceptors (Lipinski definition) is 7. The molecule has 2 rings (SSSR count). The zero-order valence-corrected chi connectivity index (χ0v) is 16.5. The first-order chi connectivity index (χ1) is 13.1. The van der Waals surface area contributed by atoms with E-state index in [2.05, 4.69) is 0 Å². The summed E-state index contributed by atoms with van der Waals surface area (Å²) < 4.78 is 16.6. The number of ether oxygens (including phenoxy) is 3. The van der Waals surface area contributed by atoms with E-state index >= 15 is 0 Å². The molecule has 0 aliphatic carbocycles. The molecule has 1 aliphatic heterocycles. The van der Waals surface area contributed by atoms with Crippen molar-refractivity contribution in [1.82, 2.24) is 4.90 Å². The molecular formula is C19H26N2O7. The van der Waals surface area contributed by atoms with E-state index in [-0.39, 0.29) is 17.8 Å². The van der Waals surface area contributed by atoms with Gasteiger partial charge in [-0.3, -0.25) is 10.1 Å². The maximum atomic E-state index is 12.4. The molecule has 1 aromatic carbocycles.